The second-order valence-electron chi connectivity index (χ2n) is 4.77. The van der Waals surface area contributed by atoms with Crippen molar-refractivity contribution in [1.29, 1.82) is 0 Å². The third kappa shape index (κ3) is 3.59. The van der Waals surface area contributed by atoms with Crippen LogP contribution in [0.1, 0.15) is 26.3 Å². The number of rotatable bonds is 5. The number of hydrogen-bond donors (Lipinski definition) is 2. The van der Waals surface area contributed by atoms with Crippen LogP contribution in [0.5, 0.6) is 0 Å². The van der Waals surface area contributed by atoms with Crippen LogP contribution < -0.4 is 11.1 Å². The van der Waals surface area contributed by atoms with Gasteiger partial charge in [-0.3, -0.25) is 9.59 Å². The number of anilines is 1. The number of ketones is 1. The van der Waals surface area contributed by atoms with E-state index in [1.165, 1.54) is 12.1 Å². The number of Topliss-reactive ketones (excluding diaryl/α,β-unsaturated/α-hetero) is 1. The summed E-state index contributed by atoms with van der Waals surface area (Å²) in [5.74, 6) is -0.794. The number of benzene rings is 2. The summed E-state index contributed by atoms with van der Waals surface area (Å²) in [6.45, 7) is 1.86. The molecule has 114 valence electrons. The van der Waals surface area contributed by atoms with Crippen LogP contribution in [0.25, 0.3) is 0 Å². The van der Waals surface area contributed by atoms with Crippen LogP contribution in [0.3, 0.4) is 0 Å². The molecule has 0 aliphatic heterocycles. The molecule has 22 heavy (non-hydrogen) atoms. The highest BCUT2D eigenvalue weighted by Crippen LogP contribution is 2.28. The van der Waals surface area contributed by atoms with E-state index < -0.39 is 5.91 Å². The second kappa shape index (κ2) is 6.81. The van der Waals surface area contributed by atoms with E-state index in [4.69, 9.17) is 28.9 Å². The maximum atomic E-state index is 12.2. The molecule has 6 heteroatoms. The number of nitrogens with two attached hydrogens (primary N) is 1. The van der Waals surface area contributed by atoms with Gasteiger partial charge in [0.1, 0.15) is 0 Å². The zero-order valence-electron chi connectivity index (χ0n) is 11.8. The summed E-state index contributed by atoms with van der Waals surface area (Å²) < 4.78 is 0. The van der Waals surface area contributed by atoms with Crippen molar-refractivity contribution in [2.24, 2.45) is 5.73 Å². The summed E-state index contributed by atoms with van der Waals surface area (Å²) in [7, 11) is 0. The Hall–Kier alpha value is -2.04. The third-order valence-corrected chi connectivity index (χ3v) is 3.70. The minimum Gasteiger partial charge on any atom is -0.377 e. The van der Waals surface area contributed by atoms with Crippen LogP contribution >= 0.6 is 23.2 Å². The second-order valence-corrected chi connectivity index (χ2v) is 5.61. The largest absolute Gasteiger partial charge is 0.377 e. The molecule has 1 amide bonds. The number of halogens is 2. The molecule has 0 saturated carbocycles. The maximum Gasteiger partial charge on any atom is 0.252 e. The number of amides is 1. The van der Waals surface area contributed by atoms with Crippen LogP contribution in [0.4, 0.5) is 5.69 Å². The fourth-order valence-electron chi connectivity index (χ4n) is 2.12. The van der Waals surface area contributed by atoms with Crippen molar-refractivity contribution in [1.82, 2.24) is 0 Å². The molecule has 0 heterocycles. The molecule has 0 aromatic heterocycles. The summed E-state index contributed by atoms with van der Waals surface area (Å²) in [5, 5.41) is 3.37. The first kappa shape index (κ1) is 16.3. The first-order valence-electron chi connectivity index (χ1n) is 6.51. The predicted octanol–water partition coefficient (Wildman–Crippen LogP) is 3.70. The normalized spacial score (nSPS) is 10.3. The first-order chi connectivity index (χ1) is 10.4. The Labute approximate surface area is 138 Å². The van der Waals surface area contributed by atoms with E-state index in [0.717, 1.165) is 5.56 Å². The lowest BCUT2D eigenvalue weighted by molar-refractivity contribution is 0.0991. The monoisotopic (exact) mass is 336 g/mol. The fourth-order valence-corrected chi connectivity index (χ4v) is 2.71. The molecule has 2 rings (SSSR count). The van der Waals surface area contributed by atoms with Gasteiger partial charge in [-0.2, -0.15) is 0 Å². The number of hydrogen-bond acceptors (Lipinski definition) is 3. The number of primary amides is 1. The third-order valence-electron chi connectivity index (χ3n) is 3.19. The van der Waals surface area contributed by atoms with E-state index in [1.807, 2.05) is 19.1 Å². The molecule has 0 spiro atoms. The van der Waals surface area contributed by atoms with Crippen molar-refractivity contribution in [3.05, 3.63) is 63.1 Å². The molecule has 0 bridgehead atoms. The SMILES string of the molecule is Cc1ccccc1C(=O)CNc1cc(Cl)cc(Cl)c1C(N)=O. The molecule has 0 saturated heterocycles. The summed E-state index contributed by atoms with van der Waals surface area (Å²) in [6, 6.07) is 10.2. The molecule has 3 N–H and O–H groups in total. The lowest BCUT2D eigenvalue weighted by Gasteiger charge is -2.12. The molecule has 0 radical (unpaired) electrons. The smallest absolute Gasteiger partial charge is 0.252 e. The molecule has 0 fully saturated rings. The zero-order valence-corrected chi connectivity index (χ0v) is 13.3. The fraction of sp³-hybridized carbons (Fsp3) is 0.125. The van der Waals surface area contributed by atoms with Crippen LogP contribution in [0, 0.1) is 6.92 Å². The molecule has 0 aliphatic carbocycles. The topological polar surface area (TPSA) is 72.2 Å². The van der Waals surface area contributed by atoms with E-state index in [0.29, 0.717) is 16.3 Å². The van der Waals surface area contributed by atoms with Gasteiger partial charge in [0.2, 0.25) is 0 Å². The maximum absolute atomic E-state index is 12.2. The molecular formula is C16H14Cl2N2O2. The van der Waals surface area contributed by atoms with E-state index in [9.17, 15) is 9.59 Å². The minimum atomic E-state index is -0.687. The molecule has 0 unspecified atom stereocenters. The van der Waals surface area contributed by atoms with Crippen molar-refractivity contribution in [2.45, 2.75) is 6.92 Å². The van der Waals surface area contributed by atoms with Gasteiger partial charge >= 0.3 is 0 Å². The first-order valence-corrected chi connectivity index (χ1v) is 7.27. The Kier molecular flexibility index (Phi) is 5.06. The van der Waals surface area contributed by atoms with Crippen LogP contribution in [-0.4, -0.2) is 18.2 Å². The molecule has 2 aromatic carbocycles. The highest BCUT2D eigenvalue weighted by molar-refractivity contribution is 6.37. The molecule has 4 nitrogen and oxygen atoms in total. The Bertz CT molecular complexity index is 745. The van der Waals surface area contributed by atoms with Gasteiger partial charge in [0.15, 0.2) is 5.78 Å². The summed E-state index contributed by atoms with van der Waals surface area (Å²) in [6.07, 6.45) is 0. The van der Waals surface area contributed by atoms with Crippen molar-refractivity contribution in [3.63, 3.8) is 0 Å². The number of nitrogens with one attached hydrogen (secondary N) is 1. The van der Waals surface area contributed by atoms with Crippen molar-refractivity contribution in [3.8, 4) is 0 Å². The predicted molar refractivity (Wildman–Crippen MR) is 89.0 cm³/mol. The number of aryl methyl sites for hydroxylation is 1. The Balaban J connectivity index is 2.24. The van der Waals surface area contributed by atoms with Crippen molar-refractivity contribution < 1.29 is 9.59 Å². The van der Waals surface area contributed by atoms with Crippen molar-refractivity contribution in [2.75, 3.05) is 11.9 Å². The van der Waals surface area contributed by atoms with Gasteiger partial charge in [0.05, 0.1) is 22.8 Å². The average Bonchev–Trinajstić information content (AvgIpc) is 2.44. The Morgan fingerprint density at radius 3 is 2.50 bits per heavy atom. The summed E-state index contributed by atoms with van der Waals surface area (Å²) in [5.41, 5.74) is 7.27. The van der Waals surface area contributed by atoms with Crippen molar-refractivity contribution >= 4 is 40.6 Å². The Morgan fingerprint density at radius 2 is 1.86 bits per heavy atom. The van der Waals surface area contributed by atoms with Crippen LogP contribution in [0.15, 0.2) is 36.4 Å². The molecule has 0 atom stereocenters. The van der Waals surface area contributed by atoms with Gasteiger partial charge < -0.3 is 11.1 Å². The van der Waals surface area contributed by atoms with Gasteiger partial charge in [-0.05, 0) is 24.6 Å². The summed E-state index contributed by atoms with van der Waals surface area (Å²) in [4.78, 5) is 23.7. The van der Waals surface area contributed by atoms with Gasteiger partial charge in [0.25, 0.3) is 5.91 Å². The Morgan fingerprint density at radius 1 is 1.18 bits per heavy atom. The van der Waals surface area contributed by atoms with E-state index in [1.54, 1.807) is 12.1 Å². The van der Waals surface area contributed by atoms with Gasteiger partial charge in [-0.1, -0.05) is 47.5 Å². The zero-order chi connectivity index (χ0) is 16.3. The quantitative estimate of drug-likeness (QED) is 0.817. The number of carbonyl (C=O) groups is 2. The van der Waals surface area contributed by atoms with Gasteiger partial charge in [-0.25, -0.2) is 0 Å². The minimum absolute atomic E-state index is 0.00179. The van der Waals surface area contributed by atoms with Gasteiger partial charge in [0, 0.05) is 10.6 Å². The molecule has 2 aromatic rings. The van der Waals surface area contributed by atoms with E-state index in [2.05, 4.69) is 5.32 Å². The average molecular weight is 337 g/mol. The molecule has 0 aliphatic rings. The van der Waals surface area contributed by atoms with E-state index >= 15 is 0 Å². The molecular weight excluding hydrogens is 323 g/mol. The lowest BCUT2D eigenvalue weighted by atomic mass is 10.0. The highest BCUT2D eigenvalue weighted by atomic mass is 35.5. The lowest BCUT2D eigenvalue weighted by Crippen LogP contribution is -2.19. The highest BCUT2D eigenvalue weighted by Gasteiger charge is 2.16. The number of carbonyl (C=O) groups excluding carboxylic acids is 2. The van der Waals surface area contributed by atoms with Gasteiger partial charge in [-0.15, -0.1) is 0 Å². The van der Waals surface area contributed by atoms with E-state index in [-0.39, 0.29) is 22.9 Å². The van der Waals surface area contributed by atoms with Crippen LogP contribution in [-0.2, 0) is 0 Å². The van der Waals surface area contributed by atoms with Crippen LogP contribution in [0.2, 0.25) is 10.0 Å². The standard InChI is InChI=1S/C16H14Cl2N2O2/c1-9-4-2-3-5-11(9)14(21)8-20-13-7-10(17)6-12(18)15(13)16(19)22/h2-7,20H,8H2,1H3,(H2,19,22). The summed E-state index contributed by atoms with van der Waals surface area (Å²) >= 11 is 11.9.